The van der Waals surface area contributed by atoms with Crippen LogP contribution in [0.5, 0.6) is 0 Å². The SMILES string of the molecule is O=S(=O)(OC[C@@H](O)[C@@H](O)[C@H](O)[C@@H](O)COS(=O)(=O)c1ccccc1)c1ccccc1. The molecule has 12 heteroatoms. The first kappa shape index (κ1) is 24.4. The van der Waals surface area contributed by atoms with Crippen molar-refractivity contribution >= 4 is 20.2 Å². The van der Waals surface area contributed by atoms with Gasteiger partial charge in [-0.2, -0.15) is 16.8 Å². The van der Waals surface area contributed by atoms with E-state index in [2.05, 4.69) is 8.37 Å². The fraction of sp³-hybridized carbons (Fsp3) is 0.333. The fourth-order valence-corrected chi connectivity index (χ4v) is 4.17. The summed E-state index contributed by atoms with van der Waals surface area (Å²) in [6.45, 7) is -1.82. The van der Waals surface area contributed by atoms with E-state index in [1.54, 1.807) is 12.1 Å². The van der Waals surface area contributed by atoms with Crippen LogP contribution >= 0.6 is 0 Å². The molecule has 10 nitrogen and oxygen atoms in total. The first-order valence-corrected chi connectivity index (χ1v) is 11.5. The fourth-order valence-electron chi connectivity index (χ4n) is 2.28. The third-order valence-electron chi connectivity index (χ3n) is 3.99. The Morgan fingerprint density at radius 1 is 0.600 bits per heavy atom. The van der Waals surface area contributed by atoms with E-state index in [0.29, 0.717) is 0 Å². The molecule has 0 aromatic heterocycles. The molecule has 0 spiro atoms. The van der Waals surface area contributed by atoms with Crippen molar-refractivity contribution in [2.24, 2.45) is 0 Å². The van der Waals surface area contributed by atoms with Crippen molar-refractivity contribution in [3.05, 3.63) is 60.7 Å². The van der Waals surface area contributed by atoms with E-state index in [-0.39, 0.29) is 9.79 Å². The maximum atomic E-state index is 12.0. The third-order valence-corrected chi connectivity index (χ3v) is 6.58. The van der Waals surface area contributed by atoms with Gasteiger partial charge in [0.2, 0.25) is 0 Å². The van der Waals surface area contributed by atoms with Gasteiger partial charge in [0.05, 0.1) is 23.0 Å². The Bertz CT molecular complexity index is 910. The summed E-state index contributed by atoms with van der Waals surface area (Å²) in [6.07, 6.45) is -7.90. The van der Waals surface area contributed by atoms with Gasteiger partial charge in [-0.15, -0.1) is 0 Å². The van der Waals surface area contributed by atoms with Gasteiger partial charge in [0.25, 0.3) is 20.2 Å². The number of hydrogen-bond donors (Lipinski definition) is 4. The van der Waals surface area contributed by atoms with Crippen LogP contribution in [0.2, 0.25) is 0 Å². The highest BCUT2D eigenvalue weighted by Crippen LogP contribution is 2.15. The topological polar surface area (TPSA) is 168 Å². The van der Waals surface area contributed by atoms with Crippen LogP contribution in [0.3, 0.4) is 0 Å². The summed E-state index contributed by atoms with van der Waals surface area (Å²) in [5.41, 5.74) is 0. The Morgan fingerprint density at radius 3 is 1.20 bits per heavy atom. The molecule has 2 aromatic carbocycles. The molecule has 0 radical (unpaired) electrons. The van der Waals surface area contributed by atoms with Crippen LogP contribution in [0.25, 0.3) is 0 Å². The first-order valence-electron chi connectivity index (χ1n) is 8.66. The number of rotatable bonds is 11. The summed E-state index contributed by atoms with van der Waals surface area (Å²) in [7, 11) is -8.43. The van der Waals surface area contributed by atoms with E-state index in [1.165, 1.54) is 48.5 Å². The van der Waals surface area contributed by atoms with Gasteiger partial charge in [-0.05, 0) is 24.3 Å². The second kappa shape index (κ2) is 10.4. The van der Waals surface area contributed by atoms with Crippen LogP contribution in [0.15, 0.2) is 70.5 Å². The normalized spacial score (nSPS) is 16.5. The van der Waals surface area contributed by atoms with Crippen molar-refractivity contribution in [3.8, 4) is 0 Å². The Morgan fingerprint density at radius 2 is 0.900 bits per heavy atom. The second-order valence-corrected chi connectivity index (χ2v) is 9.45. The van der Waals surface area contributed by atoms with Gasteiger partial charge in [-0.3, -0.25) is 8.37 Å². The predicted molar refractivity (Wildman–Crippen MR) is 103 cm³/mol. The third kappa shape index (κ3) is 6.55. The maximum Gasteiger partial charge on any atom is 0.297 e. The number of aliphatic hydroxyl groups is 4. The number of aliphatic hydroxyl groups excluding tert-OH is 4. The number of benzene rings is 2. The zero-order valence-electron chi connectivity index (χ0n) is 15.6. The lowest BCUT2D eigenvalue weighted by Crippen LogP contribution is -2.48. The predicted octanol–water partition coefficient (Wildman–Crippen LogP) is -0.759. The zero-order chi connectivity index (χ0) is 22.4. The average molecular weight is 462 g/mol. The Labute approximate surface area is 174 Å². The van der Waals surface area contributed by atoms with E-state index >= 15 is 0 Å². The monoisotopic (exact) mass is 462 g/mol. The summed E-state index contributed by atoms with van der Waals surface area (Å²) in [5, 5.41) is 39.6. The minimum Gasteiger partial charge on any atom is -0.388 e. The molecule has 30 heavy (non-hydrogen) atoms. The highest BCUT2D eigenvalue weighted by molar-refractivity contribution is 7.87. The van der Waals surface area contributed by atoms with E-state index in [9.17, 15) is 37.3 Å². The van der Waals surface area contributed by atoms with Crippen molar-refractivity contribution < 1.29 is 45.6 Å². The molecule has 2 rings (SSSR count). The van der Waals surface area contributed by atoms with Crippen LogP contribution in [0, 0.1) is 0 Å². The first-order chi connectivity index (χ1) is 14.0. The van der Waals surface area contributed by atoms with E-state index in [0.717, 1.165) is 0 Å². The van der Waals surface area contributed by atoms with Crippen molar-refractivity contribution in [2.75, 3.05) is 13.2 Å². The summed E-state index contributed by atoms with van der Waals surface area (Å²) in [4.78, 5) is -0.349. The lowest BCUT2D eigenvalue weighted by molar-refractivity contribution is -0.118. The molecular formula is C18H22O10S2. The number of hydrogen-bond acceptors (Lipinski definition) is 10. The molecule has 0 aliphatic rings. The van der Waals surface area contributed by atoms with Crippen molar-refractivity contribution in [1.29, 1.82) is 0 Å². The molecule has 166 valence electrons. The quantitative estimate of drug-likeness (QED) is 0.312. The average Bonchev–Trinajstić information content (AvgIpc) is 2.76. The Balaban J connectivity index is 1.90. The molecule has 0 saturated heterocycles. The molecule has 0 heterocycles. The Kier molecular flexibility index (Phi) is 8.46. The van der Waals surface area contributed by atoms with Gasteiger partial charge in [0.15, 0.2) is 0 Å². The molecule has 2 aromatic rings. The summed E-state index contributed by atoms with van der Waals surface area (Å²) >= 11 is 0. The molecule has 0 fully saturated rings. The van der Waals surface area contributed by atoms with E-state index in [1.807, 2.05) is 0 Å². The van der Waals surface area contributed by atoms with Crippen LogP contribution in [-0.2, 0) is 28.6 Å². The van der Waals surface area contributed by atoms with Crippen molar-refractivity contribution in [2.45, 2.75) is 34.2 Å². The standard InChI is InChI=1S/C18H22O10S2/c19-15(11-27-29(23,24)13-7-3-1-4-8-13)17(21)18(22)16(20)12-28-30(25,26)14-9-5-2-6-10-14/h1-10,15-22H,11-12H2/t15-,16+,17-,18-/m1/s1. The van der Waals surface area contributed by atoms with Crippen LogP contribution < -0.4 is 0 Å². The highest BCUT2D eigenvalue weighted by atomic mass is 32.2. The van der Waals surface area contributed by atoms with Crippen LogP contribution in [0.1, 0.15) is 0 Å². The van der Waals surface area contributed by atoms with Crippen molar-refractivity contribution in [3.63, 3.8) is 0 Å². The van der Waals surface area contributed by atoms with Gasteiger partial charge in [-0.1, -0.05) is 36.4 Å². The Hall–Kier alpha value is -1.90. The summed E-state index contributed by atoms with van der Waals surface area (Å²) in [6, 6.07) is 14.1. The van der Waals surface area contributed by atoms with Crippen LogP contribution in [-0.4, -0.2) is 74.9 Å². The second-order valence-electron chi connectivity index (χ2n) is 6.22. The minimum atomic E-state index is -4.21. The lowest BCUT2D eigenvalue weighted by atomic mass is 10.0. The highest BCUT2D eigenvalue weighted by Gasteiger charge is 2.33. The largest absolute Gasteiger partial charge is 0.388 e. The molecule has 0 saturated carbocycles. The minimum absolute atomic E-state index is 0.174. The summed E-state index contributed by atoms with van der Waals surface area (Å²) < 4.78 is 57.3. The van der Waals surface area contributed by atoms with Gasteiger partial charge in [-0.25, -0.2) is 0 Å². The summed E-state index contributed by atoms with van der Waals surface area (Å²) in [5.74, 6) is 0. The molecule has 0 unspecified atom stereocenters. The van der Waals surface area contributed by atoms with Crippen molar-refractivity contribution in [1.82, 2.24) is 0 Å². The zero-order valence-corrected chi connectivity index (χ0v) is 17.2. The maximum absolute atomic E-state index is 12.0. The molecule has 4 N–H and O–H groups in total. The van der Waals surface area contributed by atoms with Gasteiger partial charge >= 0.3 is 0 Å². The molecule has 0 aliphatic heterocycles. The van der Waals surface area contributed by atoms with Gasteiger partial charge in [0.1, 0.15) is 24.4 Å². The van der Waals surface area contributed by atoms with Gasteiger partial charge in [0, 0.05) is 0 Å². The smallest absolute Gasteiger partial charge is 0.297 e. The molecular weight excluding hydrogens is 440 g/mol. The lowest BCUT2D eigenvalue weighted by Gasteiger charge is -2.26. The molecule has 0 aliphatic carbocycles. The van der Waals surface area contributed by atoms with Crippen LogP contribution in [0.4, 0.5) is 0 Å². The molecule has 0 bridgehead atoms. The molecule has 0 amide bonds. The van der Waals surface area contributed by atoms with E-state index < -0.39 is 57.9 Å². The molecule has 4 atom stereocenters. The van der Waals surface area contributed by atoms with E-state index in [4.69, 9.17) is 0 Å². The van der Waals surface area contributed by atoms with Gasteiger partial charge < -0.3 is 20.4 Å².